The first-order valence-electron chi connectivity index (χ1n) is 5.95. The average Bonchev–Trinajstić information content (AvgIpc) is 2.82. The summed E-state index contributed by atoms with van der Waals surface area (Å²) in [6.07, 6.45) is 2.12. The molecule has 0 aromatic heterocycles. The minimum absolute atomic E-state index is 0.912. The Morgan fingerprint density at radius 3 is 2.61 bits per heavy atom. The number of ether oxygens (including phenoxy) is 1. The van der Waals surface area contributed by atoms with Gasteiger partial charge in [-0.1, -0.05) is 18.2 Å². The predicted molar refractivity (Wildman–Crippen MR) is 73.8 cm³/mol. The molecule has 0 amide bonds. The van der Waals surface area contributed by atoms with E-state index in [0.717, 1.165) is 28.3 Å². The monoisotopic (exact) mass is 236 g/mol. The Morgan fingerprint density at radius 1 is 1.06 bits per heavy atom. The molecule has 2 nitrogen and oxygen atoms in total. The number of hydrogen-bond acceptors (Lipinski definition) is 1. The third-order valence-electron chi connectivity index (χ3n) is 3.16. The summed E-state index contributed by atoms with van der Waals surface area (Å²) < 4.78 is 5.27. The Morgan fingerprint density at radius 2 is 1.89 bits per heavy atom. The molecule has 1 heterocycles. The number of benzene rings is 2. The average molecular weight is 236 g/mol. The molecule has 89 valence electrons. The molecule has 3 rings (SSSR count). The Hall–Kier alpha value is -2.22. The summed E-state index contributed by atoms with van der Waals surface area (Å²) in [6.45, 7) is 2.05. The van der Waals surface area contributed by atoms with Gasteiger partial charge < -0.3 is 4.74 Å². The second-order valence-corrected chi connectivity index (χ2v) is 4.38. The van der Waals surface area contributed by atoms with Crippen LogP contribution in [0.3, 0.4) is 0 Å². The van der Waals surface area contributed by atoms with Gasteiger partial charge in [-0.15, -0.1) is 0 Å². The van der Waals surface area contributed by atoms with Crippen LogP contribution in [0, 0.1) is 6.92 Å². The molecule has 1 aliphatic heterocycles. The lowest BCUT2D eigenvalue weighted by Crippen LogP contribution is -1.94. The minimum atomic E-state index is 0.912. The summed E-state index contributed by atoms with van der Waals surface area (Å²) in [6, 6.07) is 14.3. The molecular formula is C16H14NO. The second-order valence-electron chi connectivity index (χ2n) is 4.38. The van der Waals surface area contributed by atoms with Crippen LogP contribution in [0.1, 0.15) is 16.7 Å². The molecule has 18 heavy (non-hydrogen) atoms. The molecule has 0 atom stereocenters. The van der Waals surface area contributed by atoms with Crippen molar-refractivity contribution in [2.24, 2.45) is 0 Å². The summed E-state index contributed by atoms with van der Waals surface area (Å²) in [5.74, 6) is 0.912. The van der Waals surface area contributed by atoms with Crippen LogP contribution in [0.5, 0.6) is 5.75 Å². The van der Waals surface area contributed by atoms with Gasteiger partial charge in [-0.3, -0.25) is 0 Å². The van der Waals surface area contributed by atoms with Crippen molar-refractivity contribution in [3.8, 4) is 5.75 Å². The van der Waals surface area contributed by atoms with Crippen molar-refractivity contribution >= 4 is 17.5 Å². The molecule has 2 aromatic rings. The Bertz CT molecular complexity index is 629. The molecule has 0 aliphatic carbocycles. The van der Waals surface area contributed by atoms with E-state index in [1.54, 1.807) is 7.11 Å². The molecule has 1 aliphatic rings. The number of aryl methyl sites for hydroxylation is 1. The van der Waals surface area contributed by atoms with Crippen LogP contribution in [-0.2, 0) is 0 Å². The van der Waals surface area contributed by atoms with Gasteiger partial charge in [-0.2, -0.15) is 0 Å². The van der Waals surface area contributed by atoms with Crippen LogP contribution in [0.25, 0.3) is 11.8 Å². The quantitative estimate of drug-likeness (QED) is 0.778. The van der Waals surface area contributed by atoms with Crippen molar-refractivity contribution < 1.29 is 4.74 Å². The van der Waals surface area contributed by atoms with E-state index in [-0.39, 0.29) is 0 Å². The van der Waals surface area contributed by atoms with Gasteiger partial charge in [-0.05, 0) is 42.8 Å². The lowest BCUT2D eigenvalue weighted by molar-refractivity contribution is 0.411. The van der Waals surface area contributed by atoms with E-state index in [1.165, 1.54) is 5.56 Å². The zero-order valence-electron chi connectivity index (χ0n) is 10.5. The van der Waals surface area contributed by atoms with Crippen LogP contribution in [0.2, 0.25) is 0 Å². The molecule has 0 bridgehead atoms. The third kappa shape index (κ3) is 1.76. The van der Waals surface area contributed by atoms with Gasteiger partial charge in [0.15, 0.2) is 0 Å². The van der Waals surface area contributed by atoms with E-state index in [2.05, 4.69) is 23.5 Å². The van der Waals surface area contributed by atoms with Gasteiger partial charge in [0.25, 0.3) is 0 Å². The van der Waals surface area contributed by atoms with Gasteiger partial charge in [0.1, 0.15) is 5.75 Å². The van der Waals surface area contributed by atoms with Crippen molar-refractivity contribution in [1.82, 2.24) is 5.32 Å². The molecular weight excluding hydrogens is 222 g/mol. The van der Waals surface area contributed by atoms with Gasteiger partial charge in [-0.25, -0.2) is 5.32 Å². The van der Waals surface area contributed by atoms with E-state index < -0.39 is 0 Å². The zero-order valence-corrected chi connectivity index (χ0v) is 10.5. The standard InChI is InChI=1S/C16H14NO/c1-11-9-13(7-8-16(11)18-2)15-10-12-5-3-4-6-14(12)17-15/h3-10H,1-2H3. The first kappa shape index (κ1) is 10.9. The highest BCUT2D eigenvalue weighted by atomic mass is 16.5. The molecule has 0 N–H and O–H groups in total. The van der Waals surface area contributed by atoms with Crippen molar-refractivity contribution in [2.45, 2.75) is 6.92 Å². The first-order valence-corrected chi connectivity index (χ1v) is 5.95. The van der Waals surface area contributed by atoms with Crippen molar-refractivity contribution in [1.29, 1.82) is 0 Å². The van der Waals surface area contributed by atoms with E-state index in [1.807, 2.05) is 37.3 Å². The van der Waals surface area contributed by atoms with E-state index in [4.69, 9.17) is 4.74 Å². The van der Waals surface area contributed by atoms with Crippen molar-refractivity contribution in [3.63, 3.8) is 0 Å². The number of nitrogens with zero attached hydrogens (tertiary/aromatic N) is 1. The number of para-hydroxylation sites is 1. The minimum Gasteiger partial charge on any atom is -0.496 e. The van der Waals surface area contributed by atoms with Gasteiger partial charge in [0.2, 0.25) is 0 Å². The first-order chi connectivity index (χ1) is 8.78. The van der Waals surface area contributed by atoms with Gasteiger partial charge in [0.05, 0.1) is 18.5 Å². The maximum atomic E-state index is 5.27. The summed E-state index contributed by atoms with van der Waals surface area (Å²) in [5.41, 5.74) is 5.50. The van der Waals surface area contributed by atoms with E-state index in [0.29, 0.717) is 0 Å². The zero-order chi connectivity index (χ0) is 12.5. The summed E-state index contributed by atoms with van der Waals surface area (Å²) in [7, 11) is 1.69. The second kappa shape index (κ2) is 4.22. The molecule has 0 spiro atoms. The Labute approximate surface area is 107 Å². The lowest BCUT2D eigenvalue weighted by atomic mass is 10.1. The normalized spacial score (nSPS) is 12.7. The molecule has 2 heteroatoms. The highest BCUT2D eigenvalue weighted by Gasteiger charge is 2.15. The lowest BCUT2D eigenvalue weighted by Gasteiger charge is -2.07. The molecule has 2 aromatic carbocycles. The van der Waals surface area contributed by atoms with Crippen molar-refractivity contribution in [3.05, 3.63) is 59.2 Å². The molecule has 1 radical (unpaired) electrons. The van der Waals surface area contributed by atoms with Crippen LogP contribution >= 0.6 is 0 Å². The maximum absolute atomic E-state index is 5.27. The fourth-order valence-corrected chi connectivity index (χ4v) is 2.21. The number of rotatable bonds is 2. The maximum Gasteiger partial charge on any atom is 0.121 e. The highest BCUT2D eigenvalue weighted by molar-refractivity contribution is 5.91. The number of hydrogen-bond donors (Lipinski definition) is 0. The Balaban J connectivity index is 1.97. The topological polar surface area (TPSA) is 23.3 Å². The third-order valence-corrected chi connectivity index (χ3v) is 3.16. The van der Waals surface area contributed by atoms with Crippen LogP contribution in [0.4, 0.5) is 5.69 Å². The fraction of sp³-hybridized carbons (Fsp3) is 0.125. The highest BCUT2D eigenvalue weighted by Crippen LogP contribution is 2.33. The van der Waals surface area contributed by atoms with Gasteiger partial charge >= 0.3 is 0 Å². The predicted octanol–water partition coefficient (Wildman–Crippen LogP) is 3.75. The summed E-state index contributed by atoms with van der Waals surface area (Å²) in [5, 5.41) is 4.64. The van der Waals surface area contributed by atoms with Crippen LogP contribution in [-0.4, -0.2) is 7.11 Å². The molecule has 0 saturated carbocycles. The number of fused-ring (bicyclic) bond motifs is 1. The van der Waals surface area contributed by atoms with Crippen molar-refractivity contribution in [2.75, 3.05) is 7.11 Å². The summed E-state index contributed by atoms with van der Waals surface area (Å²) in [4.78, 5) is 0. The van der Waals surface area contributed by atoms with Gasteiger partial charge in [0, 0.05) is 11.1 Å². The molecule has 0 unspecified atom stereocenters. The van der Waals surface area contributed by atoms with Crippen LogP contribution in [0.15, 0.2) is 42.5 Å². The largest absolute Gasteiger partial charge is 0.496 e. The van der Waals surface area contributed by atoms with E-state index in [9.17, 15) is 0 Å². The fourth-order valence-electron chi connectivity index (χ4n) is 2.21. The van der Waals surface area contributed by atoms with E-state index >= 15 is 0 Å². The SMILES string of the molecule is COc1ccc(C2=Cc3ccccc3[N]2)cc1C. The summed E-state index contributed by atoms with van der Waals surface area (Å²) >= 11 is 0. The Kier molecular flexibility index (Phi) is 2.56. The van der Waals surface area contributed by atoms with Crippen LogP contribution < -0.4 is 10.1 Å². The molecule has 0 fully saturated rings. The smallest absolute Gasteiger partial charge is 0.121 e. The number of methoxy groups -OCH3 is 1. The molecule has 0 saturated heterocycles.